The number of hydrogen-bond donors (Lipinski definition) is 1. The lowest BCUT2D eigenvalue weighted by Gasteiger charge is -2.31. The number of nitrogens with zero attached hydrogens (tertiary/aromatic N) is 1. The number of nitrogens with one attached hydrogen (secondary N) is 1. The van der Waals surface area contributed by atoms with Crippen molar-refractivity contribution in [1.29, 1.82) is 0 Å². The van der Waals surface area contributed by atoms with Crippen LogP contribution < -0.4 is 10.1 Å². The van der Waals surface area contributed by atoms with Crippen molar-refractivity contribution in [3.63, 3.8) is 0 Å². The first kappa shape index (κ1) is 25.9. The highest BCUT2D eigenvalue weighted by Crippen LogP contribution is 2.26. The average molecular weight is 503 g/mol. The zero-order chi connectivity index (χ0) is 23.5. The van der Waals surface area contributed by atoms with Gasteiger partial charge in [-0.2, -0.15) is 0 Å². The van der Waals surface area contributed by atoms with Gasteiger partial charge in [0, 0.05) is 13.1 Å². The van der Waals surface area contributed by atoms with E-state index < -0.39 is 6.04 Å². The molecule has 32 heavy (non-hydrogen) atoms. The van der Waals surface area contributed by atoms with Gasteiger partial charge in [-0.1, -0.05) is 64.1 Å². The van der Waals surface area contributed by atoms with Crippen LogP contribution in [0.15, 0.2) is 53.0 Å². The zero-order valence-electron chi connectivity index (χ0n) is 19.6. The Morgan fingerprint density at radius 2 is 1.78 bits per heavy atom. The number of amides is 2. The van der Waals surface area contributed by atoms with E-state index in [9.17, 15) is 9.59 Å². The molecule has 2 aromatic rings. The largest absolute Gasteiger partial charge is 0.483 e. The quantitative estimate of drug-likeness (QED) is 0.443. The molecule has 0 spiro atoms. The molecule has 0 saturated carbocycles. The van der Waals surface area contributed by atoms with Crippen molar-refractivity contribution in [1.82, 2.24) is 10.2 Å². The molecule has 0 aliphatic heterocycles. The van der Waals surface area contributed by atoms with Crippen LogP contribution in [-0.4, -0.2) is 42.5 Å². The van der Waals surface area contributed by atoms with Gasteiger partial charge in [-0.15, -0.1) is 0 Å². The van der Waals surface area contributed by atoms with Gasteiger partial charge in [0.25, 0.3) is 5.91 Å². The Morgan fingerprint density at radius 3 is 2.38 bits per heavy atom. The van der Waals surface area contributed by atoms with Crippen molar-refractivity contribution in [3.8, 4) is 5.75 Å². The normalized spacial score (nSPS) is 11.8. The summed E-state index contributed by atoms with van der Waals surface area (Å²) in [5.41, 5.74) is 2.31. The summed E-state index contributed by atoms with van der Waals surface area (Å²) < 4.78 is 6.66. The molecule has 1 N–H and O–H groups in total. The van der Waals surface area contributed by atoms with Crippen LogP contribution >= 0.6 is 15.9 Å². The lowest BCUT2D eigenvalue weighted by atomic mass is 10.1. The fraction of sp³-hybridized carbons (Fsp3) is 0.462. The van der Waals surface area contributed by atoms with Crippen molar-refractivity contribution < 1.29 is 14.3 Å². The van der Waals surface area contributed by atoms with Crippen LogP contribution in [0, 0.1) is 5.92 Å². The first-order valence-electron chi connectivity index (χ1n) is 11.4. The fourth-order valence-electron chi connectivity index (χ4n) is 3.42. The van der Waals surface area contributed by atoms with E-state index >= 15 is 0 Å². The molecule has 0 fully saturated rings. The number of carbonyl (C=O) groups excluding carboxylic acids is 2. The Morgan fingerprint density at radius 1 is 1.06 bits per heavy atom. The molecule has 5 nitrogen and oxygen atoms in total. The smallest absolute Gasteiger partial charge is 0.261 e. The summed E-state index contributed by atoms with van der Waals surface area (Å²) in [7, 11) is 0. The first-order chi connectivity index (χ1) is 15.3. The molecule has 0 radical (unpaired) electrons. The number of rotatable bonds is 12. The van der Waals surface area contributed by atoms with E-state index in [1.165, 1.54) is 5.56 Å². The van der Waals surface area contributed by atoms with Crippen LogP contribution in [0.25, 0.3) is 0 Å². The van der Waals surface area contributed by atoms with Crippen molar-refractivity contribution in [2.75, 3.05) is 19.7 Å². The van der Waals surface area contributed by atoms with E-state index in [4.69, 9.17) is 4.74 Å². The van der Waals surface area contributed by atoms with Crippen LogP contribution in [0.3, 0.4) is 0 Å². The second-order valence-electron chi connectivity index (χ2n) is 8.29. The summed E-state index contributed by atoms with van der Waals surface area (Å²) >= 11 is 3.52. The van der Waals surface area contributed by atoms with Gasteiger partial charge in [-0.3, -0.25) is 9.59 Å². The van der Waals surface area contributed by atoms with Gasteiger partial charge in [0.2, 0.25) is 5.91 Å². The molecule has 174 valence electrons. The van der Waals surface area contributed by atoms with E-state index in [0.717, 1.165) is 16.5 Å². The van der Waals surface area contributed by atoms with E-state index in [-0.39, 0.29) is 18.4 Å². The second-order valence-corrected chi connectivity index (χ2v) is 9.15. The molecule has 0 aliphatic rings. The lowest BCUT2D eigenvalue weighted by Crippen LogP contribution is -2.51. The highest BCUT2D eigenvalue weighted by molar-refractivity contribution is 9.10. The van der Waals surface area contributed by atoms with Gasteiger partial charge in [0.1, 0.15) is 11.8 Å². The summed E-state index contributed by atoms with van der Waals surface area (Å²) in [5, 5.41) is 2.98. The SMILES string of the molecule is CCc1ccc(OCC(=O)N(CCc2ccccc2)[C@H](CC)C(=O)NCC(C)C)c(Br)c1. The molecule has 1 atom stereocenters. The third-order valence-electron chi connectivity index (χ3n) is 5.31. The number of hydrogen-bond acceptors (Lipinski definition) is 3. The number of ether oxygens (including phenoxy) is 1. The number of carbonyl (C=O) groups is 2. The molecular formula is C26H35BrN2O3. The monoisotopic (exact) mass is 502 g/mol. The van der Waals surface area contributed by atoms with E-state index in [1.54, 1.807) is 4.90 Å². The number of aryl methyl sites for hydroxylation is 1. The third-order valence-corrected chi connectivity index (χ3v) is 5.93. The Kier molecular flexibility index (Phi) is 10.7. The van der Waals surface area contributed by atoms with E-state index in [1.807, 2.05) is 55.5 Å². The maximum atomic E-state index is 13.2. The second kappa shape index (κ2) is 13.3. The van der Waals surface area contributed by atoms with Crippen LogP contribution in [-0.2, 0) is 22.4 Å². The maximum Gasteiger partial charge on any atom is 0.261 e. The molecular weight excluding hydrogens is 468 g/mol. The van der Waals surface area contributed by atoms with Gasteiger partial charge in [-0.05, 0) is 64.4 Å². The Balaban J connectivity index is 2.13. The highest BCUT2D eigenvalue weighted by Gasteiger charge is 2.28. The standard InChI is InChI=1S/C26H35BrN2O3/c1-5-20-12-13-24(22(27)16-20)32-18-25(30)29(15-14-21-10-8-7-9-11-21)23(6-2)26(31)28-17-19(3)4/h7-13,16,19,23H,5-6,14-15,17-18H2,1-4H3,(H,28,31)/t23-/m1/s1. The van der Waals surface area contributed by atoms with Crippen molar-refractivity contribution in [3.05, 3.63) is 64.1 Å². The van der Waals surface area contributed by atoms with Crippen LogP contribution in [0.2, 0.25) is 0 Å². The maximum absolute atomic E-state index is 13.2. The average Bonchev–Trinajstić information content (AvgIpc) is 2.79. The van der Waals surface area contributed by atoms with Gasteiger partial charge in [-0.25, -0.2) is 0 Å². The van der Waals surface area contributed by atoms with Gasteiger partial charge < -0.3 is 15.0 Å². The minimum atomic E-state index is -0.528. The predicted octanol–water partition coefficient (Wildman–Crippen LogP) is 5.01. The highest BCUT2D eigenvalue weighted by atomic mass is 79.9. The summed E-state index contributed by atoms with van der Waals surface area (Å²) in [6, 6.07) is 15.3. The Labute approximate surface area is 200 Å². The minimum absolute atomic E-state index is 0.115. The number of benzene rings is 2. The molecule has 0 saturated heterocycles. The summed E-state index contributed by atoms with van der Waals surface area (Å²) in [6.07, 6.45) is 2.14. The summed E-state index contributed by atoms with van der Waals surface area (Å²) in [5.74, 6) is 0.655. The molecule has 0 aromatic heterocycles. The van der Waals surface area contributed by atoms with Gasteiger partial charge in [0.15, 0.2) is 6.61 Å². The van der Waals surface area contributed by atoms with Crippen LogP contribution in [0.5, 0.6) is 5.75 Å². The lowest BCUT2D eigenvalue weighted by molar-refractivity contribution is -0.142. The predicted molar refractivity (Wildman–Crippen MR) is 133 cm³/mol. The third kappa shape index (κ3) is 7.97. The Bertz CT molecular complexity index is 871. The van der Waals surface area contributed by atoms with Crippen molar-refractivity contribution in [2.45, 2.75) is 53.0 Å². The topological polar surface area (TPSA) is 58.6 Å². The summed E-state index contributed by atoms with van der Waals surface area (Å²) in [6.45, 7) is 9.05. The zero-order valence-corrected chi connectivity index (χ0v) is 21.2. The van der Waals surface area contributed by atoms with Crippen LogP contribution in [0.1, 0.15) is 45.2 Å². The Hall–Kier alpha value is -2.34. The van der Waals surface area contributed by atoms with Crippen molar-refractivity contribution >= 4 is 27.7 Å². The van der Waals surface area contributed by atoms with Gasteiger partial charge >= 0.3 is 0 Å². The molecule has 2 rings (SSSR count). The molecule has 0 unspecified atom stereocenters. The van der Waals surface area contributed by atoms with E-state index in [0.29, 0.717) is 37.6 Å². The molecule has 2 aromatic carbocycles. The van der Waals surface area contributed by atoms with Crippen LogP contribution in [0.4, 0.5) is 0 Å². The number of halogens is 1. The summed E-state index contributed by atoms with van der Waals surface area (Å²) in [4.78, 5) is 27.8. The minimum Gasteiger partial charge on any atom is -0.483 e. The van der Waals surface area contributed by atoms with Gasteiger partial charge in [0.05, 0.1) is 4.47 Å². The molecule has 6 heteroatoms. The van der Waals surface area contributed by atoms with Crippen molar-refractivity contribution in [2.24, 2.45) is 5.92 Å². The fourth-order valence-corrected chi connectivity index (χ4v) is 3.96. The molecule has 0 bridgehead atoms. The molecule has 0 heterocycles. The first-order valence-corrected chi connectivity index (χ1v) is 12.2. The molecule has 2 amide bonds. The molecule has 0 aliphatic carbocycles. The van der Waals surface area contributed by atoms with E-state index in [2.05, 4.69) is 42.0 Å².